The Balaban J connectivity index is 2.03. The van der Waals surface area contributed by atoms with Crippen LogP contribution in [0.15, 0.2) is 10.6 Å². The summed E-state index contributed by atoms with van der Waals surface area (Å²) in [6.45, 7) is 2.70. The zero-order valence-corrected chi connectivity index (χ0v) is 9.94. The summed E-state index contributed by atoms with van der Waals surface area (Å²) >= 11 is 0. The standard InChI is InChI=1S/C12H17NO4/c1-12(6-2-3-7-16-12)11-13-8-9(17-11)4-5-10(14)15/h8H,2-7H2,1H3,(H,14,15). The minimum atomic E-state index is -0.830. The number of carboxylic acid groups (broad SMARTS) is 1. The summed E-state index contributed by atoms with van der Waals surface area (Å²) in [6, 6.07) is 0. The molecule has 0 spiro atoms. The van der Waals surface area contributed by atoms with Gasteiger partial charge in [-0.25, -0.2) is 4.98 Å². The van der Waals surface area contributed by atoms with E-state index < -0.39 is 11.6 Å². The first kappa shape index (κ1) is 12.1. The van der Waals surface area contributed by atoms with E-state index in [1.54, 1.807) is 6.20 Å². The lowest BCUT2D eigenvalue weighted by atomic mass is 9.96. The Morgan fingerprint density at radius 3 is 3.06 bits per heavy atom. The van der Waals surface area contributed by atoms with E-state index in [0.29, 0.717) is 18.1 Å². The highest BCUT2D eigenvalue weighted by Gasteiger charge is 2.34. The minimum Gasteiger partial charge on any atom is -0.481 e. The van der Waals surface area contributed by atoms with Crippen molar-refractivity contribution >= 4 is 5.97 Å². The molecule has 5 heteroatoms. The molecule has 0 aliphatic carbocycles. The molecule has 1 aliphatic heterocycles. The molecule has 1 aromatic rings. The van der Waals surface area contributed by atoms with Crippen LogP contribution < -0.4 is 0 Å². The molecule has 2 heterocycles. The van der Waals surface area contributed by atoms with Crippen LogP contribution in [0, 0.1) is 0 Å². The summed E-state index contributed by atoms with van der Waals surface area (Å²) in [4.78, 5) is 14.7. The molecule has 1 N–H and O–H groups in total. The largest absolute Gasteiger partial charge is 0.481 e. The van der Waals surface area contributed by atoms with Gasteiger partial charge in [0.05, 0.1) is 12.6 Å². The van der Waals surface area contributed by atoms with Gasteiger partial charge in [-0.05, 0) is 26.2 Å². The van der Waals surface area contributed by atoms with Crippen LogP contribution in [-0.4, -0.2) is 22.7 Å². The van der Waals surface area contributed by atoms with E-state index in [9.17, 15) is 4.79 Å². The van der Waals surface area contributed by atoms with Gasteiger partial charge in [0.2, 0.25) is 5.89 Å². The zero-order valence-electron chi connectivity index (χ0n) is 9.94. The van der Waals surface area contributed by atoms with Crippen molar-refractivity contribution < 1.29 is 19.1 Å². The van der Waals surface area contributed by atoms with E-state index in [2.05, 4.69) is 4.98 Å². The molecule has 0 aromatic carbocycles. The second-order valence-corrected chi connectivity index (χ2v) is 4.56. The molecule has 0 radical (unpaired) electrons. The van der Waals surface area contributed by atoms with Crippen LogP contribution in [0.2, 0.25) is 0 Å². The molecule has 1 saturated heterocycles. The van der Waals surface area contributed by atoms with Crippen LogP contribution in [-0.2, 0) is 21.6 Å². The molecule has 1 fully saturated rings. The summed E-state index contributed by atoms with van der Waals surface area (Å²) in [5, 5.41) is 8.59. The van der Waals surface area contributed by atoms with Gasteiger partial charge in [0, 0.05) is 13.0 Å². The Bertz CT molecular complexity index is 393. The predicted octanol–water partition coefficient (Wildman–Crippen LogP) is 2.11. The van der Waals surface area contributed by atoms with Crippen molar-refractivity contribution in [2.45, 2.75) is 44.6 Å². The fraction of sp³-hybridized carbons (Fsp3) is 0.667. The quantitative estimate of drug-likeness (QED) is 0.871. The number of hydrogen-bond acceptors (Lipinski definition) is 4. The average Bonchev–Trinajstić information content (AvgIpc) is 2.76. The Kier molecular flexibility index (Phi) is 3.47. The number of rotatable bonds is 4. The van der Waals surface area contributed by atoms with Gasteiger partial charge in [-0.15, -0.1) is 0 Å². The molecule has 5 nitrogen and oxygen atoms in total. The van der Waals surface area contributed by atoms with Crippen molar-refractivity contribution in [2.75, 3.05) is 6.61 Å². The van der Waals surface area contributed by atoms with Gasteiger partial charge in [0.1, 0.15) is 11.4 Å². The van der Waals surface area contributed by atoms with Crippen LogP contribution in [0.3, 0.4) is 0 Å². The van der Waals surface area contributed by atoms with Gasteiger partial charge in [-0.2, -0.15) is 0 Å². The monoisotopic (exact) mass is 239 g/mol. The average molecular weight is 239 g/mol. The maximum absolute atomic E-state index is 10.5. The lowest BCUT2D eigenvalue weighted by Gasteiger charge is -2.30. The Morgan fingerprint density at radius 2 is 2.41 bits per heavy atom. The van der Waals surface area contributed by atoms with Crippen molar-refractivity contribution in [3.63, 3.8) is 0 Å². The van der Waals surface area contributed by atoms with Gasteiger partial charge in [0.15, 0.2) is 0 Å². The molecule has 2 rings (SSSR count). The van der Waals surface area contributed by atoms with E-state index in [-0.39, 0.29) is 6.42 Å². The maximum Gasteiger partial charge on any atom is 0.303 e. The number of aromatic nitrogens is 1. The van der Waals surface area contributed by atoms with Gasteiger partial charge in [0.25, 0.3) is 0 Å². The van der Waals surface area contributed by atoms with E-state index in [1.165, 1.54) is 0 Å². The summed E-state index contributed by atoms with van der Waals surface area (Å²) in [6.07, 6.45) is 5.10. The van der Waals surface area contributed by atoms with Crippen LogP contribution in [0.5, 0.6) is 0 Å². The normalized spacial score (nSPS) is 24.8. The molecule has 17 heavy (non-hydrogen) atoms. The van der Waals surface area contributed by atoms with Crippen LogP contribution >= 0.6 is 0 Å². The second kappa shape index (κ2) is 4.87. The van der Waals surface area contributed by atoms with Crippen molar-refractivity contribution in [1.82, 2.24) is 4.98 Å². The number of aliphatic carboxylic acids is 1. The number of carbonyl (C=O) groups is 1. The molecular weight excluding hydrogens is 222 g/mol. The molecule has 1 atom stereocenters. The smallest absolute Gasteiger partial charge is 0.303 e. The van der Waals surface area contributed by atoms with Crippen molar-refractivity contribution in [2.24, 2.45) is 0 Å². The van der Waals surface area contributed by atoms with E-state index >= 15 is 0 Å². The first-order valence-corrected chi connectivity index (χ1v) is 5.91. The zero-order chi connectivity index (χ0) is 12.3. The fourth-order valence-corrected chi connectivity index (χ4v) is 2.00. The third-order valence-electron chi connectivity index (χ3n) is 3.06. The first-order valence-electron chi connectivity index (χ1n) is 5.91. The third-order valence-corrected chi connectivity index (χ3v) is 3.06. The predicted molar refractivity (Wildman–Crippen MR) is 59.6 cm³/mol. The molecule has 1 unspecified atom stereocenters. The highest BCUT2D eigenvalue weighted by Crippen LogP contribution is 2.34. The number of aryl methyl sites for hydroxylation is 1. The van der Waals surface area contributed by atoms with E-state index in [4.69, 9.17) is 14.3 Å². The van der Waals surface area contributed by atoms with Crippen molar-refractivity contribution in [3.05, 3.63) is 17.8 Å². The number of carboxylic acids is 1. The summed E-state index contributed by atoms with van der Waals surface area (Å²) in [5.41, 5.74) is -0.445. The summed E-state index contributed by atoms with van der Waals surface area (Å²) in [7, 11) is 0. The number of oxazole rings is 1. The van der Waals surface area contributed by atoms with E-state index in [0.717, 1.165) is 25.9 Å². The van der Waals surface area contributed by atoms with Gasteiger partial charge in [-0.3, -0.25) is 4.79 Å². The lowest BCUT2D eigenvalue weighted by Crippen LogP contribution is -2.30. The summed E-state index contributed by atoms with van der Waals surface area (Å²) in [5.74, 6) is 0.346. The third kappa shape index (κ3) is 2.85. The molecule has 0 saturated carbocycles. The molecule has 0 bridgehead atoms. The second-order valence-electron chi connectivity index (χ2n) is 4.56. The molecule has 1 aliphatic rings. The lowest BCUT2D eigenvalue weighted by molar-refractivity contribution is -0.137. The van der Waals surface area contributed by atoms with E-state index in [1.807, 2.05) is 6.92 Å². The molecule has 94 valence electrons. The fourth-order valence-electron chi connectivity index (χ4n) is 2.00. The highest BCUT2D eigenvalue weighted by atomic mass is 16.5. The minimum absolute atomic E-state index is 0.0617. The van der Waals surface area contributed by atoms with Gasteiger partial charge >= 0.3 is 5.97 Å². The van der Waals surface area contributed by atoms with Crippen LogP contribution in [0.1, 0.15) is 44.3 Å². The Hall–Kier alpha value is -1.36. The number of hydrogen-bond donors (Lipinski definition) is 1. The Morgan fingerprint density at radius 1 is 1.59 bits per heavy atom. The van der Waals surface area contributed by atoms with Crippen LogP contribution in [0.25, 0.3) is 0 Å². The maximum atomic E-state index is 10.5. The van der Waals surface area contributed by atoms with Gasteiger partial charge in [-0.1, -0.05) is 0 Å². The SMILES string of the molecule is CC1(c2ncc(CCC(=O)O)o2)CCCCO1. The molecule has 0 amide bonds. The van der Waals surface area contributed by atoms with Crippen molar-refractivity contribution in [3.8, 4) is 0 Å². The Labute approximate surface area is 99.8 Å². The van der Waals surface area contributed by atoms with Gasteiger partial charge < -0.3 is 14.3 Å². The first-order chi connectivity index (χ1) is 8.10. The topological polar surface area (TPSA) is 72.6 Å². The van der Waals surface area contributed by atoms with Crippen LogP contribution in [0.4, 0.5) is 0 Å². The molecule has 1 aromatic heterocycles. The highest BCUT2D eigenvalue weighted by molar-refractivity contribution is 5.66. The summed E-state index contributed by atoms with van der Waals surface area (Å²) < 4.78 is 11.3. The number of ether oxygens (including phenoxy) is 1. The van der Waals surface area contributed by atoms with Crippen molar-refractivity contribution in [1.29, 1.82) is 0 Å². The molecular formula is C12H17NO4. The number of nitrogens with zero attached hydrogens (tertiary/aromatic N) is 1.